The first-order valence-corrected chi connectivity index (χ1v) is 6.76. The van der Waals surface area contributed by atoms with E-state index in [1.807, 2.05) is 13.0 Å². The van der Waals surface area contributed by atoms with Gasteiger partial charge in [0.2, 0.25) is 5.75 Å². The fraction of sp³-hybridized carbons (Fsp3) is 0.231. The first-order valence-electron chi connectivity index (χ1n) is 6.01. The zero-order valence-corrected chi connectivity index (χ0v) is 12.6. The summed E-state index contributed by atoms with van der Waals surface area (Å²) in [5.74, 6) is 1.65. The molecule has 0 aliphatic heterocycles. The van der Waals surface area contributed by atoms with Gasteiger partial charge in [-0.05, 0) is 19.1 Å². The number of rotatable bonds is 5. The van der Waals surface area contributed by atoms with Crippen LogP contribution in [0.4, 0.5) is 17.3 Å². The second kappa shape index (κ2) is 6.63. The van der Waals surface area contributed by atoms with Gasteiger partial charge in [-0.1, -0.05) is 29.3 Å². The normalized spacial score (nSPS) is 10.2. The van der Waals surface area contributed by atoms with Gasteiger partial charge >= 0.3 is 0 Å². The molecule has 2 aromatic rings. The maximum atomic E-state index is 6.15. The Morgan fingerprint density at radius 1 is 1.20 bits per heavy atom. The highest BCUT2D eigenvalue weighted by Crippen LogP contribution is 2.35. The van der Waals surface area contributed by atoms with Crippen LogP contribution in [0, 0.1) is 0 Å². The van der Waals surface area contributed by atoms with Gasteiger partial charge in [0, 0.05) is 6.54 Å². The molecule has 0 spiro atoms. The second-order valence-corrected chi connectivity index (χ2v) is 4.65. The van der Waals surface area contributed by atoms with Crippen LogP contribution in [-0.4, -0.2) is 23.6 Å². The van der Waals surface area contributed by atoms with Crippen LogP contribution >= 0.6 is 23.2 Å². The predicted octanol–water partition coefficient (Wildman–Crippen LogP) is 3.97. The third-order valence-corrected chi connectivity index (χ3v) is 3.38. The molecule has 0 aliphatic carbocycles. The molecule has 2 rings (SSSR count). The SMILES string of the molecule is CCNc1ncnc(Nc2cccc(Cl)c2Cl)c1OC. The van der Waals surface area contributed by atoms with E-state index in [1.165, 1.54) is 6.33 Å². The fourth-order valence-electron chi connectivity index (χ4n) is 1.68. The number of anilines is 3. The summed E-state index contributed by atoms with van der Waals surface area (Å²) >= 11 is 12.1. The van der Waals surface area contributed by atoms with Crippen molar-refractivity contribution >= 4 is 40.5 Å². The maximum Gasteiger partial charge on any atom is 0.204 e. The molecule has 0 atom stereocenters. The zero-order valence-electron chi connectivity index (χ0n) is 11.1. The molecule has 1 heterocycles. The molecule has 0 bridgehead atoms. The van der Waals surface area contributed by atoms with E-state index < -0.39 is 0 Å². The quantitative estimate of drug-likeness (QED) is 0.875. The summed E-state index contributed by atoms with van der Waals surface area (Å²) in [6, 6.07) is 5.33. The molecule has 0 aliphatic rings. The Balaban J connectivity index is 2.38. The minimum Gasteiger partial charge on any atom is -0.490 e. The van der Waals surface area contributed by atoms with E-state index in [2.05, 4.69) is 20.6 Å². The van der Waals surface area contributed by atoms with Gasteiger partial charge < -0.3 is 15.4 Å². The molecule has 0 radical (unpaired) electrons. The molecule has 0 saturated carbocycles. The Bertz CT molecular complexity index is 607. The molecular weight excluding hydrogens is 299 g/mol. The number of halogens is 2. The van der Waals surface area contributed by atoms with Crippen LogP contribution in [0.2, 0.25) is 10.0 Å². The van der Waals surface area contributed by atoms with Crippen molar-refractivity contribution in [3.8, 4) is 5.75 Å². The van der Waals surface area contributed by atoms with Crippen molar-refractivity contribution in [2.75, 3.05) is 24.3 Å². The van der Waals surface area contributed by atoms with Crippen LogP contribution in [0.3, 0.4) is 0 Å². The molecular formula is C13H14Cl2N4O. The van der Waals surface area contributed by atoms with E-state index in [0.29, 0.717) is 33.1 Å². The average molecular weight is 313 g/mol. The molecule has 0 saturated heterocycles. The number of ether oxygens (including phenoxy) is 1. The second-order valence-electron chi connectivity index (χ2n) is 3.86. The molecule has 7 heteroatoms. The number of benzene rings is 1. The number of hydrogen-bond acceptors (Lipinski definition) is 5. The molecule has 106 valence electrons. The van der Waals surface area contributed by atoms with E-state index >= 15 is 0 Å². The Morgan fingerprint density at radius 3 is 2.65 bits per heavy atom. The molecule has 5 nitrogen and oxygen atoms in total. The van der Waals surface area contributed by atoms with Crippen LogP contribution in [0.5, 0.6) is 5.75 Å². The van der Waals surface area contributed by atoms with E-state index in [0.717, 1.165) is 6.54 Å². The smallest absolute Gasteiger partial charge is 0.204 e. The first kappa shape index (κ1) is 14.7. The van der Waals surface area contributed by atoms with E-state index in [4.69, 9.17) is 27.9 Å². The van der Waals surface area contributed by atoms with Gasteiger partial charge in [0.25, 0.3) is 0 Å². The van der Waals surface area contributed by atoms with Crippen molar-refractivity contribution in [3.63, 3.8) is 0 Å². The molecule has 20 heavy (non-hydrogen) atoms. The minimum atomic E-state index is 0.430. The summed E-state index contributed by atoms with van der Waals surface area (Å²) in [6.45, 7) is 2.70. The van der Waals surface area contributed by atoms with Crippen molar-refractivity contribution in [3.05, 3.63) is 34.6 Å². The molecule has 2 N–H and O–H groups in total. The van der Waals surface area contributed by atoms with Crippen molar-refractivity contribution < 1.29 is 4.74 Å². The monoisotopic (exact) mass is 312 g/mol. The number of hydrogen-bond donors (Lipinski definition) is 2. The van der Waals surface area contributed by atoms with E-state index in [1.54, 1.807) is 19.2 Å². The van der Waals surface area contributed by atoms with Gasteiger partial charge in [0.1, 0.15) is 6.33 Å². The summed E-state index contributed by atoms with van der Waals surface area (Å²) in [5.41, 5.74) is 0.651. The van der Waals surface area contributed by atoms with Gasteiger partial charge in [-0.25, -0.2) is 9.97 Å². The summed E-state index contributed by atoms with van der Waals surface area (Å²) in [4.78, 5) is 8.30. The highest BCUT2D eigenvalue weighted by atomic mass is 35.5. The van der Waals surface area contributed by atoms with Crippen LogP contribution in [0.25, 0.3) is 0 Å². The predicted molar refractivity (Wildman–Crippen MR) is 82.5 cm³/mol. The lowest BCUT2D eigenvalue weighted by Crippen LogP contribution is -2.06. The summed E-state index contributed by atoms with van der Waals surface area (Å²) < 4.78 is 5.35. The minimum absolute atomic E-state index is 0.430. The third kappa shape index (κ3) is 3.05. The fourth-order valence-corrected chi connectivity index (χ4v) is 2.03. The summed E-state index contributed by atoms with van der Waals surface area (Å²) in [6.07, 6.45) is 1.45. The van der Waals surface area contributed by atoms with Gasteiger partial charge in [-0.15, -0.1) is 0 Å². The Kier molecular flexibility index (Phi) is 4.87. The highest BCUT2D eigenvalue weighted by Gasteiger charge is 2.13. The Morgan fingerprint density at radius 2 is 1.95 bits per heavy atom. The maximum absolute atomic E-state index is 6.15. The van der Waals surface area contributed by atoms with Crippen molar-refractivity contribution in [1.29, 1.82) is 0 Å². The lowest BCUT2D eigenvalue weighted by molar-refractivity contribution is 0.415. The first-order chi connectivity index (χ1) is 9.67. The van der Waals surface area contributed by atoms with Crippen molar-refractivity contribution in [1.82, 2.24) is 9.97 Å². The molecule has 0 amide bonds. The van der Waals surface area contributed by atoms with Gasteiger partial charge in [-0.2, -0.15) is 0 Å². The lowest BCUT2D eigenvalue weighted by Gasteiger charge is -2.14. The van der Waals surface area contributed by atoms with Gasteiger partial charge in [0.05, 0.1) is 22.8 Å². The van der Waals surface area contributed by atoms with Crippen molar-refractivity contribution in [2.45, 2.75) is 6.92 Å². The van der Waals surface area contributed by atoms with Crippen LogP contribution in [0.1, 0.15) is 6.92 Å². The molecule has 0 fully saturated rings. The van der Waals surface area contributed by atoms with Gasteiger partial charge in [-0.3, -0.25) is 0 Å². The average Bonchev–Trinajstić information content (AvgIpc) is 2.44. The Hall–Kier alpha value is -1.72. The summed E-state index contributed by atoms with van der Waals surface area (Å²) in [5, 5.41) is 7.10. The number of aromatic nitrogens is 2. The lowest BCUT2D eigenvalue weighted by atomic mass is 10.3. The highest BCUT2D eigenvalue weighted by molar-refractivity contribution is 6.43. The van der Waals surface area contributed by atoms with E-state index in [9.17, 15) is 0 Å². The molecule has 1 aromatic heterocycles. The standard InChI is InChI=1S/C13H14Cl2N4O/c1-3-16-12-11(20-2)13(18-7-17-12)19-9-6-4-5-8(14)10(9)15/h4-7H,3H2,1-2H3,(H2,16,17,18,19). The number of methoxy groups -OCH3 is 1. The van der Waals surface area contributed by atoms with Crippen LogP contribution < -0.4 is 15.4 Å². The number of nitrogens with one attached hydrogen (secondary N) is 2. The van der Waals surface area contributed by atoms with E-state index in [-0.39, 0.29) is 0 Å². The van der Waals surface area contributed by atoms with Crippen LogP contribution in [-0.2, 0) is 0 Å². The third-order valence-electron chi connectivity index (χ3n) is 2.56. The van der Waals surface area contributed by atoms with Gasteiger partial charge in [0.15, 0.2) is 11.6 Å². The topological polar surface area (TPSA) is 59.1 Å². The zero-order chi connectivity index (χ0) is 14.5. The molecule has 1 aromatic carbocycles. The number of nitrogens with zero attached hydrogens (tertiary/aromatic N) is 2. The van der Waals surface area contributed by atoms with Crippen molar-refractivity contribution in [2.24, 2.45) is 0 Å². The van der Waals surface area contributed by atoms with Crippen LogP contribution in [0.15, 0.2) is 24.5 Å². The Labute approximate surface area is 127 Å². The largest absolute Gasteiger partial charge is 0.490 e. The molecule has 0 unspecified atom stereocenters. The summed E-state index contributed by atoms with van der Waals surface area (Å²) in [7, 11) is 1.56.